The first-order chi connectivity index (χ1) is 10.0. The first-order valence-electron chi connectivity index (χ1n) is 6.72. The van der Waals surface area contributed by atoms with Gasteiger partial charge in [-0.3, -0.25) is 10.1 Å². The lowest BCUT2D eigenvalue weighted by atomic mass is 10.3. The van der Waals surface area contributed by atoms with Crippen molar-refractivity contribution in [2.45, 2.75) is 33.2 Å². The zero-order valence-corrected chi connectivity index (χ0v) is 14.3. The molecule has 6 nitrogen and oxygen atoms in total. The predicted octanol–water partition coefficient (Wildman–Crippen LogP) is 3.99. The quantitative estimate of drug-likeness (QED) is 0.588. The van der Waals surface area contributed by atoms with E-state index in [4.69, 9.17) is 0 Å². The Bertz CT molecular complexity index is 638. The first kappa shape index (κ1) is 16.0. The van der Waals surface area contributed by atoms with E-state index in [1.165, 1.54) is 4.88 Å². The van der Waals surface area contributed by atoms with Crippen molar-refractivity contribution < 1.29 is 4.92 Å². The molecule has 2 rings (SSSR count). The Labute approximate surface area is 135 Å². The monoisotopic (exact) mass is 372 g/mol. The van der Waals surface area contributed by atoms with Gasteiger partial charge in [-0.25, -0.2) is 4.68 Å². The predicted molar refractivity (Wildman–Crippen MR) is 88.1 cm³/mol. The first-order valence-corrected chi connectivity index (χ1v) is 8.33. The zero-order chi connectivity index (χ0) is 15.4. The molecule has 0 aliphatic carbocycles. The number of aromatic nitrogens is 2. The van der Waals surface area contributed by atoms with Gasteiger partial charge in [0.2, 0.25) is 5.82 Å². The Hall–Kier alpha value is -1.41. The molecular formula is C13H17BrN4O2S. The van der Waals surface area contributed by atoms with Crippen LogP contribution in [0.3, 0.4) is 0 Å². The van der Waals surface area contributed by atoms with E-state index >= 15 is 0 Å². The molecule has 0 fully saturated rings. The molecule has 0 atom stereocenters. The molecule has 0 bridgehead atoms. The lowest BCUT2D eigenvalue weighted by Crippen LogP contribution is -2.11. The number of anilines is 1. The largest absolute Gasteiger partial charge is 0.364 e. The van der Waals surface area contributed by atoms with E-state index in [-0.39, 0.29) is 10.6 Å². The molecule has 1 N–H and O–H groups in total. The van der Waals surface area contributed by atoms with Crippen molar-refractivity contribution in [2.24, 2.45) is 0 Å². The van der Waals surface area contributed by atoms with E-state index in [2.05, 4.69) is 32.4 Å². The van der Waals surface area contributed by atoms with Gasteiger partial charge in [0.05, 0.1) is 8.71 Å². The zero-order valence-electron chi connectivity index (χ0n) is 11.9. The molecule has 8 heteroatoms. The van der Waals surface area contributed by atoms with Crippen molar-refractivity contribution in [1.82, 2.24) is 9.78 Å². The van der Waals surface area contributed by atoms with E-state index in [1.54, 1.807) is 22.9 Å². The number of thiophene rings is 1. The summed E-state index contributed by atoms with van der Waals surface area (Å²) in [5.74, 6) is 0.509. The summed E-state index contributed by atoms with van der Waals surface area (Å²) in [6, 6.07) is 4.06. The number of rotatable bonds is 7. The summed E-state index contributed by atoms with van der Waals surface area (Å²) in [5.41, 5.74) is 0.533. The fourth-order valence-corrected chi connectivity index (χ4v) is 3.61. The summed E-state index contributed by atoms with van der Waals surface area (Å²) in [5, 5.41) is 18.6. The minimum atomic E-state index is -0.363. The van der Waals surface area contributed by atoms with E-state index in [1.807, 2.05) is 13.0 Å². The highest BCUT2D eigenvalue weighted by atomic mass is 79.9. The Morgan fingerprint density at radius 3 is 2.86 bits per heavy atom. The summed E-state index contributed by atoms with van der Waals surface area (Å²) in [6.07, 6.45) is 1.70. The molecule has 0 amide bonds. The molecule has 0 aromatic carbocycles. The highest BCUT2D eigenvalue weighted by Crippen LogP contribution is 2.28. The van der Waals surface area contributed by atoms with Crippen molar-refractivity contribution in [2.75, 3.05) is 11.9 Å². The number of hydrogen-bond donors (Lipinski definition) is 1. The molecule has 114 valence electrons. The summed E-state index contributed by atoms with van der Waals surface area (Å²) in [7, 11) is 0. The summed E-state index contributed by atoms with van der Waals surface area (Å²) in [6.45, 7) is 5.01. The second-order valence-electron chi connectivity index (χ2n) is 4.65. The molecule has 0 aliphatic rings. The fourth-order valence-electron chi connectivity index (χ4n) is 2.13. The highest BCUT2D eigenvalue weighted by molar-refractivity contribution is 9.11. The average Bonchev–Trinajstić information content (AvgIpc) is 2.94. The third kappa shape index (κ3) is 3.82. The lowest BCUT2D eigenvalue weighted by Gasteiger charge is -2.07. The van der Waals surface area contributed by atoms with Crippen molar-refractivity contribution in [3.8, 4) is 0 Å². The molecule has 0 unspecified atom stereocenters. The third-order valence-electron chi connectivity index (χ3n) is 3.01. The molecule has 0 saturated heterocycles. The molecule has 0 radical (unpaired) electrons. The van der Waals surface area contributed by atoms with Crippen LogP contribution in [0.2, 0.25) is 0 Å². The topological polar surface area (TPSA) is 73.0 Å². The van der Waals surface area contributed by atoms with E-state index in [0.29, 0.717) is 24.6 Å². The van der Waals surface area contributed by atoms with Gasteiger partial charge in [0, 0.05) is 18.0 Å². The smallest absolute Gasteiger partial charge is 0.333 e. The van der Waals surface area contributed by atoms with Crippen LogP contribution in [0.1, 0.15) is 23.9 Å². The number of nitrogens with one attached hydrogen (secondary N) is 1. The van der Waals surface area contributed by atoms with Gasteiger partial charge in [-0.15, -0.1) is 11.3 Å². The SMILES string of the molecule is CCCn1nc(C)c([N+](=O)[O-])c1NCCc1ccc(Br)s1. The molecule has 2 heterocycles. The maximum atomic E-state index is 11.2. The van der Waals surface area contributed by atoms with Crippen LogP contribution in [-0.2, 0) is 13.0 Å². The summed E-state index contributed by atoms with van der Waals surface area (Å²) < 4.78 is 2.79. The van der Waals surface area contributed by atoms with Crippen molar-refractivity contribution in [3.63, 3.8) is 0 Å². The fraction of sp³-hybridized carbons (Fsp3) is 0.462. The number of nitrogens with zero attached hydrogens (tertiary/aromatic N) is 3. The van der Waals surface area contributed by atoms with Crippen LogP contribution in [0.5, 0.6) is 0 Å². The molecule has 2 aromatic heterocycles. The number of nitro groups is 1. The second-order valence-corrected chi connectivity index (χ2v) is 7.19. The number of hydrogen-bond acceptors (Lipinski definition) is 5. The van der Waals surface area contributed by atoms with Gasteiger partial charge in [0.15, 0.2) is 0 Å². The van der Waals surface area contributed by atoms with Crippen LogP contribution in [0, 0.1) is 17.0 Å². The van der Waals surface area contributed by atoms with Crippen LogP contribution in [-0.4, -0.2) is 21.2 Å². The van der Waals surface area contributed by atoms with Gasteiger partial charge in [-0.2, -0.15) is 5.10 Å². The van der Waals surface area contributed by atoms with E-state index < -0.39 is 0 Å². The maximum absolute atomic E-state index is 11.2. The molecular weight excluding hydrogens is 356 g/mol. The second kappa shape index (κ2) is 7.04. The standard InChI is InChI=1S/C13H17BrN4O2S/c1-3-8-17-13(12(18(19)20)9(2)16-17)15-7-6-10-4-5-11(14)21-10/h4-5,15H,3,6-8H2,1-2H3. The molecule has 21 heavy (non-hydrogen) atoms. The molecule has 2 aromatic rings. The summed E-state index contributed by atoms with van der Waals surface area (Å²) >= 11 is 5.10. The van der Waals surface area contributed by atoms with Gasteiger partial charge in [0.25, 0.3) is 0 Å². The van der Waals surface area contributed by atoms with Crippen molar-refractivity contribution in [1.29, 1.82) is 0 Å². The van der Waals surface area contributed by atoms with Crippen LogP contribution in [0.4, 0.5) is 11.5 Å². The van der Waals surface area contributed by atoms with Crippen LogP contribution in [0.15, 0.2) is 15.9 Å². The van der Waals surface area contributed by atoms with E-state index in [0.717, 1.165) is 16.6 Å². The molecule has 0 spiro atoms. The summed E-state index contributed by atoms with van der Waals surface area (Å²) in [4.78, 5) is 12.1. The average molecular weight is 373 g/mol. The minimum Gasteiger partial charge on any atom is -0.364 e. The van der Waals surface area contributed by atoms with Crippen LogP contribution in [0.25, 0.3) is 0 Å². The van der Waals surface area contributed by atoms with Gasteiger partial charge in [0.1, 0.15) is 5.69 Å². The van der Waals surface area contributed by atoms with Crippen molar-refractivity contribution >= 4 is 38.8 Å². The molecule has 0 saturated carbocycles. The number of halogens is 1. The van der Waals surface area contributed by atoms with Gasteiger partial charge < -0.3 is 5.32 Å². The van der Waals surface area contributed by atoms with E-state index in [9.17, 15) is 10.1 Å². The van der Waals surface area contributed by atoms with Gasteiger partial charge in [-0.1, -0.05) is 6.92 Å². The van der Waals surface area contributed by atoms with Gasteiger partial charge in [-0.05, 0) is 47.8 Å². The maximum Gasteiger partial charge on any atom is 0.333 e. The van der Waals surface area contributed by atoms with Crippen LogP contribution >= 0.6 is 27.3 Å². The van der Waals surface area contributed by atoms with Crippen molar-refractivity contribution in [3.05, 3.63) is 36.6 Å². The Morgan fingerprint density at radius 1 is 1.52 bits per heavy atom. The highest BCUT2D eigenvalue weighted by Gasteiger charge is 2.24. The normalized spacial score (nSPS) is 10.8. The van der Waals surface area contributed by atoms with Crippen LogP contribution < -0.4 is 5.32 Å². The third-order valence-corrected chi connectivity index (χ3v) is 4.69. The Morgan fingerprint density at radius 2 is 2.29 bits per heavy atom. The Balaban J connectivity index is 2.11. The minimum absolute atomic E-state index is 0.0795. The number of aryl methyl sites for hydroxylation is 2. The molecule has 0 aliphatic heterocycles. The lowest BCUT2D eigenvalue weighted by molar-refractivity contribution is -0.384. The van der Waals surface area contributed by atoms with Gasteiger partial charge >= 0.3 is 5.69 Å². The Kier molecular flexibility index (Phi) is 5.35.